The number of rotatable bonds is 5. The number of fused-ring (bicyclic) bond motifs is 1. The summed E-state index contributed by atoms with van der Waals surface area (Å²) in [5, 5.41) is 3.10. The molecule has 4 nitrogen and oxygen atoms in total. The zero-order chi connectivity index (χ0) is 14.8. The molecule has 1 aliphatic carbocycles. The number of carbonyl (C=O) groups is 1. The highest BCUT2D eigenvalue weighted by Gasteiger charge is 2.29. The number of hydrogen-bond donors (Lipinski definition) is 1. The topological polar surface area (TPSA) is 41.6 Å². The van der Waals surface area contributed by atoms with Crippen LogP contribution in [0.1, 0.15) is 37.8 Å². The summed E-state index contributed by atoms with van der Waals surface area (Å²) >= 11 is 0. The van der Waals surface area contributed by atoms with E-state index in [2.05, 4.69) is 22.3 Å². The van der Waals surface area contributed by atoms with E-state index in [1.54, 1.807) is 0 Å². The van der Waals surface area contributed by atoms with Crippen molar-refractivity contribution >= 4 is 5.91 Å². The van der Waals surface area contributed by atoms with E-state index in [0.717, 1.165) is 38.1 Å². The number of carbonyl (C=O) groups excluding carboxylic acids is 1. The molecule has 0 aromatic heterocycles. The van der Waals surface area contributed by atoms with Crippen molar-refractivity contribution < 1.29 is 9.53 Å². The Balaban J connectivity index is 1.67. The van der Waals surface area contributed by atoms with E-state index in [9.17, 15) is 4.79 Å². The first-order valence-electron chi connectivity index (χ1n) is 7.96. The lowest BCUT2D eigenvalue weighted by Gasteiger charge is -2.33. The minimum Gasteiger partial charge on any atom is -0.494 e. The predicted molar refractivity (Wildman–Crippen MR) is 82.4 cm³/mol. The largest absolute Gasteiger partial charge is 0.494 e. The Morgan fingerprint density at radius 1 is 1.43 bits per heavy atom. The summed E-state index contributed by atoms with van der Waals surface area (Å²) in [5.41, 5.74) is 2.67. The Morgan fingerprint density at radius 2 is 2.24 bits per heavy atom. The predicted octanol–water partition coefficient (Wildman–Crippen LogP) is 2.11. The molecule has 0 unspecified atom stereocenters. The molecule has 1 heterocycles. The second-order valence-electron chi connectivity index (χ2n) is 6.04. The average molecular weight is 288 g/mol. The molecule has 21 heavy (non-hydrogen) atoms. The third-order valence-electron chi connectivity index (χ3n) is 4.38. The second-order valence-corrected chi connectivity index (χ2v) is 6.04. The van der Waals surface area contributed by atoms with Gasteiger partial charge in [-0.3, -0.25) is 9.69 Å². The Kier molecular flexibility index (Phi) is 4.15. The molecule has 0 radical (unpaired) electrons. The molecule has 1 atom stereocenters. The average Bonchev–Trinajstić information content (AvgIpc) is 3.30. The van der Waals surface area contributed by atoms with Gasteiger partial charge in [0.1, 0.15) is 5.75 Å². The summed E-state index contributed by atoms with van der Waals surface area (Å²) in [7, 11) is 0. The fourth-order valence-electron chi connectivity index (χ4n) is 2.86. The van der Waals surface area contributed by atoms with Crippen molar-refractivity contribution in [3.63, 3.8) is 0 Å². The number of ether oxygens (including phenoxy) is 1. The summed E-state index contributed by atoms with van der Waals surface area (Å²) < 4.78 is 5.58. The molecule has 0 bridgehead atoms. The molecule has 4 heteroatoms. The lowest BCUT2D eigenvalue weighted by Crippen LogP contribution is -2.47. The molecule has 1 N–H and O–H groups in total. The highest BCUT2D eigenvalue weighted by atomic mass is 16.5. The Bertz CT molecular complexity index is 526. The van der Waals surface area contributed by atoms with Crippen LogP contribution in [0.4, 0.5) is 0 Å². The van der Waals surface area contributed by atoms with Crippen molar-refractivity contribution in [2.24, 2.45) is 0 Å². The van der Waals surface area contributed by atoms with E-state index in [4.69, 9.17) is 4.74 Å². The van der Waals surface area contributed by atoms with Crippen LogP contribution in [0.3, 0.4) is 0 Å². The molecule has 0 saturated heterocycles. The van der Waals surface area contributed by atoms with Gasteiger partial charge in [-0.05, 0) is 56.4 Å². The third kappa shape index (κ3) is 3.38. The van der Waals surface area contributed by atoms with Crippen LogP contribution in [0.15, 0.2) is 18.2 Å². The van der Waals surface area contributed by atoms with Crippen molar-refractivity contribution in [3.8, 4) is 5.75 Å². The van der Waals surface area contributed by atoms with Crippen molar-refractivity contribution in [3.05, 3.63) is 29.3 Å². The smallest absolute Gasteiger partial charge is 0.237 e. The van der Waals surface area contributed by atoms with Crippen molar-refractivity contribution in [1.29, 1.82) is 0 Å². The maximum absolute atomic E-state index is 12.2. The fraction of sp³-hybridized carbons (Fsp3) is 0.588. The van der Waals surface area contributed by atoms with E-state index in [1.165, 1.54) is 11.1 Å². The van der Waals surface area contributed by atoms with Gasteiger partial charge in [0.2, 0.25) is 5.91 Å². The normalized spacial score (nSPS) is 19.7. The molecule has 1 fully saturated rings. The minimum absolute atomic E-state index is 0.0606. The van der Waals surface area contributed by atoms with Crippen LogP contribution in [-0.2, 0) is 17.8 Å². The van der Waals surface area contributed by atoms with Crippen LogP contribution in [0.5, 0.6) is 5.75 Å². The van der Waals surface area contributed by atoms with Gasteiger partial charge >= 0.3 is 0 Å². The molecular formula is C17H24N2O2. The number of hydrogen-bond acceptors (Lipinski definition) is 3. The Labute approximate surface area is 126 Å². The van der Waals surface area contributed by atoms with Gasteiger partial charge in [0.15, 0.2) is 0 Å². The van der Waals surface area contributed by atoms with Crippen molar-refractivity contribution in [1.82, 2.24) is 10.2 Å². The quantitative estimate of drug-likeness (QED) is 0.902. The van der Waals surface area contributed by atoms with E-state index in [-0.39, 0.29) is 11.9 Å². The van der Waals surface area contributed by atoms with E-state index in [1.807, 2.05) is 19.9 Å². The molecule has 0 spiro atoms. The van der Waals surface area contributed by atoms with Crippen molar-refractivity contribution in [2.45, 2.75) is 51.7 Å². The molecule has 114 valence electrons. The van der Waals surface area contributed by atoms with Crippen LogP contribution < -0.4 is 10.1 Å². The first kappa shape index (κ1) is 14.4. The summed E-state index contributed by atoms with van der Waals surface area (Å²) in [5.74, 6) is 1.09. The van der Waals surface area contributed by atoms with E-state index in [0.29, 0.717) is 12.6 Å². The lowest BCUT2D eigenvalue weighted by molar-refractivity contribution is -0.126. The van der Waals surface area contributed by atoms with E-state index < -0.39 is 0 Å². The molecule has 1 aromatic carbocycles. The maximum Gasteiger partial charge on any atom is 0.237 e. The van der Waals surface area contributed by atoms with Crippen LogP contribution in [0, 0.1) is 0 Å². The first-order valence-corrected chi connectivity index (χ1v) is 7.96. The molecule has 3 rings (SSSR count). The Hall–Kier alpha value is -1.55. The number of benzene rings is 1. The number of nitrogens with zero attached hydrogens (tertiary/aromatic N) is 1. The summed E-state index contributed by atoms with van der Waals surface area (Å²) in [6, 6.07) is 6.70. The molecule has 1 saturated carbocycles. The van der Waals surface area contributed by atoms with Gasteiger partial charge in [0, 0.05) is 19.1 Å². The minimum atomic E-state index is -0.0606. The number of nitrogens with one attached hydrogen (secondary N) is 1. The monoisotopic (exact) mass is 288 g/mol. The second kappa shape index (κ2) is 6.06. The van der Waals surface area contributed by atoms with Crippen LogP contribution in [-0.4, -0.2) is 36.0 Å². The molecule has 1 amide bonds. The highest BCUT2D eigenvalue weighted by Crippen LogP contribution is 2.25. The molecule has 1 aliphatic heterocycles. The summed E-state index contributed by atoms with van der Waals surface area (Å²) in [6.45, 7) is 6.46. The molecule has 1 aromatic rings. The van der Waals surface area contributed by atoms with Crippen LogP contribution in [0.25, 0.3) is 0 Å². The lowest BCUT2D eigenvalue weighted by atomic mass is 9.98. The molecule has 2 aliphatic rings. The van der Waals surface area contributed by atoms with Crippen molar-refractivity contribution in [2.75, 3.05) is 13.2 Å². The van der Waals surface area contributed by atoms with Gasteiger partial charge in [-0.25, -0.2) is 0 Å². The SMILES string of the molecule is CCOc1ccc2c(c1)CN([C@H](C)C(=O)NC1CC1)CC2. The standard InChI is InChI=1S/C17H24N2O2/c1-3-21-16-7-4-13-8-9-19(11-14(13)10-16)12(2)17(20)18-15-5-6-15/h4,7,10,12,15H,3,5-6,8-9,11H2,1-2H3,(H,18,20)/t12-/m1/s1. The van der Waals surface area contributed by atoms with Gasteiger partial charge in [-0.15, -0.1) is 0 Å². The van der Waals surface area contributed by atoms with Gasteiger partial charge in [0.05, 0.1) is 12.6 Å². The third-order valence-corrected chi connectivity index (χ3v) is 4.38. The first-order chi connectivity index (χ1) is 10.2. The number of amides is 1. The maximum atomic E-state index is 12.2. The fourth-order valence-corrected chi connectivity index (χ4v) is 2.86. The zero-order valence-corrected chi connectivity index (χ0v) is 12.9. The van der Waals surface area contributed by atoms with Crippen LogP contribution >= 0.6 is 0 Å². The van der Waals surface area contributed by atoms with Crippen LogP contribution in [0.2, 0.25) is 0 Å². The summed E-state index contributed by atoms with van der Waals surface area (Å²) in [4.78, 5) is 14.5. The zero-order valence-electron chi connectivity index (χ0n) is 12.9. The van der Waals surface area contributed by atoms with Gasteiger partial charge < -0.3 is 10.1 Å². The van der Waals surface area contributed by atoms with Gasteiger partial charge in [-0.1, -0.05) is 6.07 Å². The highest BCUT2D eigenvalue weighted by molar-refractivity contribution is 5.81. The summed E-state index contributed by atoms with van der Waals surface area (Å²) in [6.07, 6.45) is 3.28. The Morgan fingerprint density at radius 3 is 2.95 bits per heavy atom. The molecular weight excluding hydrogens is 264 g/mol. The van der Waals surface area contributed by atoms with E-state index >= 15 is 0 Å². The van der Waals surface area contributed by atoms with Gasteiger partial charge in [0.25, 0.3) is 0 Å². The van der Waals surface area contributed by atoms with Gasteiger partial charge in [-0.2, -0.15) is 0 Å².